The molecule has 1 aliphatic heterocycles. The first-order valence-corrected chi connectivity index (χ1v) is 9.90. The van der Waals surface area contributed by atoms with Gasteiger partial charge in [-0.1, -0.05) is 0 Å². The molecule has 2 aliphatic rings. The standard InChI is InChI=1S/C20H40N2O2/c1-19(2,3)22-13-11-21(12-14-22)15-16-23-17-7-9-18(10-8-17)24-20(4,5)6/h17-18H,7-16H2,1-6H3. The third-order valence-corrected chi connectivity index (χ3v) is 5.22. The first kappa shape index (κ1) is 20.2. The van der Waals surface area contributed by atoms with E-state index in [1.54, 1.807) is 0 Å². The Morgan fingerprint density at radius 2 is 1.33 bits per heavy atom. The number of hydrogen-bond donors (Lipinski definition) is 0. The van der Waals surface area contributed by atoms with Gasteiger partial charge in [-0.25, -0.2) is 0 Å². The smallest absolute Gasteiger partial charge is 0.0602 e. The van der Waals surface area contributed by atoms with Crippen LogP contribution in [0.5, 0.6) is 0 Å². The van der Waals surface area contributed by atoms with Crippen LogP contribution < -0.4 is 0 Å². The van der Waals surface area contributed by atoms with Crippen molar-refractivity contribution >= 4 is 0 Å². The fraction of sp³-hybridized carbons (Fsp3) is 1.00. The number of rotatable bonds is 5. The maximum Gasteiger partial charge on any atom is 0.0602 e. The Morgan fingerprint density at radius 1 is 0.792 bits per heavy atom. The second kappa shape index (κ2) is 8.48. The second-order valence-corrected chi connectivity index (χ2v) is 9.50. The van der Waals surface area contributed by atoms with Gasteiger partial charge >= 0.3 is 0 Å². The quantitative estimate of drug-likeness (QED) is 0.764. The van der Waals surface area contributed by atoms with E-state index < -0.39 is 0 Å². The summed E-state index contributed by atoms with van der Waals surface area (Å²) in [7, 11) is 0. The van der Waals surface area contributed by atoms with E-state index in [1.165, 1.54) is 26.2 Å². The highest BCUT2D eigenvalue weighted by atomic mass is 16.5. The van der Waals surface area contributed by atoms with Crippen molar-refractivity contribution in [2.24, 2.45) is 0 Å². The second-order valence-electron chi connectivity index (χ2n) is 9.50. The molecule has 1 heterocycles. The van der Waals surface area contributed by atoms with Crippen LogP contribution in [0.1, 0.15) is 67.2 Å². The van der Waals surface area contributed by atoms with Crippen molar-refractivity contribution in [1.82, 2.24) is 9.80 Å². The first-order valence-electron chi connectivity index (χ1n) is 9.90. The lowest BCUT2D eigenvalue weighted by molar-refractivity contribution is -0.0945. The summed E-state index contributed by atoms with van der Waals surface area (Å²) in [6.45, 7) is 20.0. The van der Waals surface area contributed by atoms with Crippen molar-refractivity contribution in [3.63, 3.8) is 0 Å². The highest BCUT2D eigenvalue weighted by Gasteiger charge is 2.27. The number of hydrogen-bond acceptors (Lipinski definition) is 4. The molecular weight excluding hydrogens is 300 g/mol. The van der Waals surface area contributed by atoms with Gasteiger partial charge in [-0.05, 0) is 67.2 Å². The predicted molar refractivity (Wildman–Crippen MR) is 101 cm³/mol. The molecule has 142 valence electrons. The molecule has 1 saturated carbocycles. The van der Waals surface area contributed by atoms with E-state index in [9.17, 15) is 0 Å². The molecule has 0 spiro atoms. The van der Waals surface area contributed by atoms with Gasteiger partial charge in [0.05, 0.1) is 24.4 Å². The topological polar surface area (TPSA) is 24.9 Å². The molecule has 0 bridgehead atoms. The molecule has 1 aliphatic carbocycles. The molecule has 0 aromatic heterocycles. The number of nitrogens with zero attached hydrogens (tertiary/aromatic N) is 2. The summed E-state index contributed by atoms with van der Waals surface area (Å²) in [5, 5.41) is 0. The summed E-state index contributed by atoms with van der Waals surface area (Å²) in [6.07, 6.45) is 5.46. The van der Waals surface area contributed by atoms with Crippen molar-refractivity contribution in [3.8, 4) is 0 Å². The van der Waals surface area contributed by atoms with Crippen LogP contribution in [0.4, 0.5) is 0 Å². The Hall–Kier alpha value is -0.160. The third kappa shape index (κ3) is 6.99. The van der Waals surface area contributed by atoms with Gasteiger partial charge in [0.25, 0.3) is 0 Å². The van der Waals surface area contributed by atoms with Crippen LogP contribution >= 0.6 is 0 Å². The van der Waals surface area contributed by atoms with Crippen molar-refractivity contribution in [3.05, 3.63) is 0 Å². The van der Waals surface area contributed by atoms with Gasteiger partial charge < -0.3 is 9.47 Å². The summed E-state index contributed by atoms with van der Waals surface area (Å²) in [5.41, 5.74) is 0.282. The molecule has 0 amide bonds. The average molecular weight is 341 g/mol. The van der Waals surface area contributed by atoms with Crippen LogP contribution in [-0.4, -0.2) is 72.5 Å². The van der Waals surface area contributed by atoms with E-state index >= 15 is 0 Å². The molecule has 0 N–H and O–H groups in total. The van der Waals surface area contributed by atoms with Crippen molar-refractivity contribution in [2.45, 2.75) is 90.6 Å². The van der Waals surface area contributed by atoms with Crippen LogP contribution in [0, 0.1) is 0 Å². The number of ether oxygens (including phenoxy) is 2. The maximum atomic E-state index is 6.15. The lowest BCUT2D eigenvalue weighted by Gasteiger charge is -2.42. The van der Waals surface area contributed by atoms with Crippen molar-refractivity contribution in [2.75, 3.05) is 39.3 Å². The summed E-state index contributed by atoms with van der Waals surface area (Å²) >= 11 is 0. The minimum Gasteiger partial charge on any atom is -0.377 e. The van der Waals surface area contributed by atoms with Gasteiger partial charge in [-0.15, -0.1) is 0 Å². The Kier molecular flexibility index (Phi) is 7.12. The Morgan fingerprint density at radius 3 is 1.83 bits per heavy atom. The zero-order valence-electron chi connectivity index (χ0n) is 16.9. The molecule has 4 nitrogen and oxygen atoms in total. The zero-order valence-corrected chi connectivity index (χ0v) is 16.9. The van der Waals surface area contributed by atoms with E-state index in [0.717, 1.165) is 38.8 Å². The normalized spacial score (nSPS) is 28.2. The molecule has 2 fully saturated rings. The summed E-state index contributed by atoms with van der Waals surface area (Å²) in [6, 6.07) is 0. The van der Waals surface area contributed by atoms with Gasteiger partial charge in [0, 0.05) is 38.3 Å². The van der Waals surface area contributed by atoms with Gasteiger partial charge in [-0.2, -0.15) is 0 Å². The molecular formula is C20H40N2O2. The van der Waals surface area contributed by atoms with Crippen LogP contribution in [0.15, 0.2) is 0 Å². The van der Waals surface area contributed by atoms with E-state index in [1.807, 2.05) is 0 Å². The Labute approximate surface area is 149 Å². The number of piperazine rings is 1. The molecule has 24 heavy (non-hydrogen) atoms. The highest BCUT2D eigenvalue weighted by Crippen LogP contribution is 2.26. The first-order chi connectivity index (χ1) is 11.1. The fourth-order valence-corrected chi connectivity index (χ4v) is 3.81. The van der Waals surface area contributed by atoms with Crippen LogP contribution in [0.25, 0.3) is 0 Å². The average Bonchev–Trinajstić information content (AvgIpc) is 2.47. The highest BCUT2D eigenvalue weighted by molar-refractivity contribution is 4.82. The largest absolute Gasteiger partial charge is 0.377 e. The van der Waals surface area contributed by atoms with E-state index in [0.29, 0.717) is 17.7 Å². The molecule has 0 radical (unpaired) electrons. The van der Waals surface area contributed by atoms with E-state index in [4.69, 9.17) is 9.47 Å². The molecule has 0 aromatic rings. The van der Waals surface area contributed by atoms with E-state index in [-0.39, 0.29) is 5.60 Å². The van der Waals surface area contributed by atoms with Gasteiger partial charge in [-0.3, -0.25) is 9.80 Å². The van der Waals surface area contributed by atoms with Crippen LogP contribution in [0.3, 0.4) is 0 Å². The summed E-state index contributed by atoms with van der Waals surface area (Å²) < 4.78 is 12.2. The van der Waals surface area contributed by atoms with Gasteiger partial charge in [0.2, 0.25) is 0 Å². The molecule has 0 unspecified atom stereocenters. The minimum absolute atomic E-state index is 0.0203. The molecule has 0 atom stereocenters. The monoisotopic (exact) mass is 340 g/mol. The molecule has 0 aromatic carbocycles. The van der Waals surface area contributed by atoms with Gasteiger partial charge in [0.1, 0.15) is 0 Å². The molecule has 2 rings (SSSR count). The summed E-state index contributed by atoms with van der Waals surface area (Å²) in [4.78, 5) is 5.14. The van der Waals surface area contributed by atoms with Gasteiger partial charge in [0.15, 0.2) is 0 Å². The van der Waals surface area contributed by atoms with Crippen LogP contribution in [0.2, 0.25) is 0 Å². The molecule has 1 saturated heterocycles. The Balaban J connectivity index is 1.56. The minimum atomic E-state index is -0.0203. The summed E-state index contributed by atoms with van der Waals surface area (Å²) in [5.74, 6) is 0. The maximum absolute atomic E-state index is 6.15. The zero-order chi connectivity index (χ0) is 17.8. The predicted octanol–water partition coefficient (Wildman–Crippen LogP) is 3.55. The van der Waals surface area contributed by atoms with Crippen molar-refractivity contribution < 1.29 is 9.47 Å². The van der Waals surface area contributed by atoms with Crippen LogP contribution in [-0.2, 0) is 9.47 Å². The van der Waals surface area contributed by atoms with E-state index in [2.05, 4.69) is 51.3 Å². The lowest BCUT2D eigenvalue weighted by atomic mass is 9.94. The SMILES string of the molecule is CC(C)(C)OC1CCC(OCCN2CCN(C(C)(C)C)CC2)CC1. The van der Waals surface area contributed by atoms with Crippen molar-refractivity contribution in [1.29, 1.82) is 0 Å². The lowest BCUT2D eigenvalue weighted by Crippen LogP contribution is -2.53. The third-order valence-electron chi connectivity index (χ3n) is 5.22. The Bertz CT molecular complexity index is 357. The fourth-order valence-electron chi connectivity index (χ4n) is 3.81. The molecule has 4 heteroatoms.